The van der Waals surface area contributed by atoms with Crippen LogP contribution >= 0.6 is 0 Å². The van der Waals surface area contributed by atoms with E-state index in [-0.39, 0.29) is 5.91 Å². The van der Waals surface area contributed by atoms with Crippen LogP contribution in [0.5, 0.6) is 0 Å². The van der Waals surface area contributed by atoms with Crippen molar-refractivity contribution in [2.45, 2.75) is 54.4 Å². The van der Waals surface area contributed by atoms with Crippen LogP contribution in [-0.2, 0) is 4.79 Å². The Morgan fingerprint density at radius 3 is 2.12 bits per heavy atom. The number of carbonyl (C=O) groups excluding carboxylic acids is 1. The summed E-state index contributed by atoms with van der Waals surface area (Å²) in [7, 11) is 0. The summed E-state index contributed by atoms with van der Waals surface area (Å²) in [6.45, 7) is 13.3. The van der Waals surface area contributed by atoms with Gasteiger partial charge in [0.15, 0.2) is 0 Å². The molecule has 2 heteroatoms. The molecule has 1 aliphatic heterocycles. The van der Waals surface area contributed by atoms with Gasteiger partial charge in [0.2, 0.25) is 0 Å². The molecule has 0 aromatic heterocycles. The standard InChI is InChI=1S/C15H25NO/c1-7-9-14-10(3)11(4)15(17)16(8-2)13(6)12(14)5/h14H,7-9H2,1-6H3. The highest BCUT2D eigenvalue weighted by Crippen LogP contribution is 2.34. The summed E-state index contributed by atoms with van der Waals surface area (Å²) in [5.41, 5.74) is 4.69. The van der Waals surface area contributed by atoms with Crippen LogP contribution in [-0.4, -0.2) is 17.4 Å². The van der Waals surface area contributed by atoms with Crippen molar-refractivity contribution in [1.82, 2.24) is 4.90 Å². The molecule has 0 aliphatic carbocycles. The molecule has 1 rings (SSSR count). The van der Waals surface area contributed by atoms with E-state index in [0.717, 1.165) is 30.7 Å². The third-order valence-electron chi connectivity index (χ3n) is 4.07. The molecule has 0 saturated carbocycles. The number of amides is 1. The lowest BCUT2D eigenvalue weighted by Crippen LogP contribution is -2.29. The highest BCUT2D eigenvalue weighted by molar-refractivity contribution is 5.95. The average Bonchev–Trinajstić information content (AvgIpc) is 2.37. The molecule has 1 atom stereocenters. The van der Waals surface area contributed by atoms with E-state index in [1.165, 1.54) is 11.1 Å². The molecule has 1 aliphatic rings. The minimum absolute atomic E-state index is 0.181. The smallest absolute Gasteiger partial charge is 0.253 e. The Balaban J connectivity index is 3.32. The molecule has 0 fully saturated rings. The number of carbonyl (C=O) groups is 1. The lowest BCUT2D eigenvalue weighted by molar-refractivity contribution is -0.125. The predicted octanol–water partition coefficient (Wildman–Crippen LogP) is 3.90. The van der Waals surface area contributed by atoms with Crippen molar-refractivity contribution in [2.75, 3.05) is 6.54 Å². The van der Waals surface area contributed by atoms with Gasteiger partial charge >= 0.3 is 0 Å². The zero-order valence-electron chi connectivity index (χ0n) is 12.1. The third-order valence-corrected chi connectivity index (χ3v) is 4.07. The van der Waals surface area contributed by atoms with Gasteiger partial charge in [-0.2, -0.15) is 0 Å². The van der Waals surface area contributed by atoms with Crippen molar-refractivity contribution in [2.24, 2.45) is 5.92 Å². The number of allylic oxidation sites excluding steroid dienone is 3. The first-order valence-corrected chi connectivity index (χ1v) is 6.62. The van der Waals surface area contributed by atoms with Crippen LogP contribution in [0.2, 0.25) is 0 Å². The van der Waals surface area contributed by atoms with E-state index in [1.807, 2.05) is 18.7 Å². The maximum atomic E-state index is 12.3. The minimum atomic E-state index is 0.181. The van der Waals surface area contributed by atoms with Crippen LogP contribution in [0.15, 0.2) is 22.4 Å². The van der Waals surface area contributed by atoms with E-state index < -0.39 is 0 Å². The Hall–Kier alpha value is -1.05. The molecule has 17 heavy (non-hydrogen) atoms. The van der Waals surface area contributed by atoms with Gasteiger partial charge < -0.3 is 4.90 Å². The summed E-state index contributed by atoms with van der Waals surface area (Å²) >= 11 is 0. The highest BCUT2D eigenvalue weighted by atomic mass is 16.2. The van der Waals surface area contributed by atoms with E-state index in [4.69, 9.17) is 0 Å². The Kier molecular flexibility index (Phi) is 4.55. The molecule has 1 amide bonds. The topological polar surface area (TPSA) is 20.3 Å². The normalized spacial score (nSPS) is 22.4. The second-order valence-corrected chi connectivity index (χ2v) is 4.97. The van der Waals surface area contributed by atoms with E-state index in [0.29, 0.717) is 5.92 Å². The first-order valence-electron chi connectivity index (χ1n) is 6.62. The minimum Gasteiger partial charge on any atom is -0.313 e. The molecular formula is C15H25NO. The van der Waals surface area contributed by atoms with Gasteiger partial charge in [-0.25, -0.2) is 0 Å². The average molecular weight is 235 g/mol. The van der Waals surface area contributed by atoms with Crippen molar-refractivity contribution in [3.63, 3.8) is 0 Å². The molecule has 1 unspecified atom stereocenters. The monoisotopic (exact) mass is 235 g/mol. The van der Waals surface area contributed by atoms with Gasteiger partial charge in [-0.3, -0.25) is 4.79 Å². The van der Waals surface area contributed by atoms with E-state index in [9.17, 15) is 4.79 Å². The molecule has 0 bridgehead atoms. The highest BCUT2D eigenvalue weighted by Gasteiger charge is 2.27. The lowest BCUT2D eigenvalue weighted by atomic mass is 9.86. The number of rotatable bonds is 3. The molecule has 0 radical (unpaired) electrons. The van der Waals surface area contributed by atoms with Gasteiger partial charge in [0, 0.05) is 23.7 Å². The van der Waals surface area contributed by atoms with Crippen LogP contribution in [0.1, 0.15) is 54.4 Å². The fourth-order valence-corrected chi connectivity index (χ4v) is 2.68. The first kappa shape index (κ1) is 14.0. The maximum Gasteiger partial charge on any atom is 0.253 e. The summed E-state index contributed by atoms with van der Waals surface area (Å²) < 4.78 is 0. The second kappa shape index (κ2) is 5.52. The van der Waals surface area contributed by atoms with E-state index in [2.05, 4.69) is 27.7 Å². The maximum absolute atomic E-state index is 12.3. The SMILES string of the molecule is CCCC1C(C)=C(C)C(=O)N(CC)C(C)=C1C. The molecule has 1 heterocycles. The van der Waals surface area contributed by atoms with Crippen molar-refractivity contribution in [3.8, 4) is 0 Å². The molecule has 0 saturated heterocycles. The van der Waals surface area contributed by atoms with Gasteiger partial charge in [0.25, 0.3) is 5.91 Å². The number of hydrogen-bond acceptors (Lipinski definition) is 1. The summed E-state index contributed by atoms with van der Waals surface area (Å²) in [4.78, 5) is 14.2. The summed E-state index contributed by atoms with van der Waals surface area (Å²) in [5, 5.41) is 0. The lowest BCUT2D eigenvalue weighted by Gasteiger charge is -2.23. The molecule has 2 nitrogen and oxygen atoms in total. The van der Waals surface area contributed by atoms with Crippen LogP contribution in [0.25, 0.3) is 0 Å². The Bertz CT molecular complexity index is 376. The molecule has 0 N–H and O–H groups in total. The van der Waals surface area contributed by atoms with Gasteiger partial charge in [-0.15, -0.1) is 0 Å². The second-order valence-electron chi connectivity index (χ2n) is 4.97. The molecule has 0 aromatic rings. The van der Waals surface area contributed by atoms with E-state index in [1.54, 1.807) is 0 Å². The molecule has 0 spiro atoms. The number of likely N-dealkylation sites (N-methyl/N-ethyl adjacent to an activating group) is 1. The fourth-order valence-electron chi connectivity index (χ4n) is 2.68. The van der Waals surface area contributed by atoms with E-state index >= 15 is 0 Å². The Morgan fingerprint density at radius 2 is 1.65 bits per heavy atom. The Labute approximate surface area is 105 Å². The zero-order chi connectivity index (χ0) is 13.2. The van der Waals surface area contributed by atoms with Crippen LogP contribution in [0.4, 0.5) is 0 Å². The third kappa shape index (κ3) is 2.46. The van der Waals surface area contributed by atoms with Gasteiger partial charge in [0.05, 0.1) is 0 Å². The van der Waals surface area contributed by atoms with Gasteiger partial charge in [-0.05, 0) is 46.6 Å². The zero-order valence-corrected chi connectivity index (χ0v) is 12.1. The van der Waals surface area contributed by atoms with Crippen LogP contribution in [0.3, 0.4) is 0 Å². The van der Waals surface area contributed by atoms with Crippen molar-refractivity contribution in [1.29, 1.82) is 0 Å². The number of nitrogens with zero attached hydrogens (tertiary/aromatic N) is 1. The largest absolute Gasteiger partial charge is 0.313 e. The fraction of sp³-hybridized carbons (Fsp3) is 0.667. The van der Waals surface area contributed by atoms with Crippen LogP contribution in [0, 0.1) is 5.92 Å². The molecular weight excluding hydrogens is 210 g/mol. The summed E-state index contributed by atoms with van der Waals surface area (Å²) in [6, 6.07) is 0. The van der Waals surface area contributed by atoms with Gasteiger partial charge in [-0.1, -0.05) is 18.9 Å². The number of hydrogen-bond donors (Lipinski definition) is 0. The van der Waals surface area contributed by atoms with Crippen molar-refractivity contribution in [3.05, 3.63) is 22.4 Å². The first-order chi connectivity index (χ1) is 7.95. The molecule has 96 valence electrons. The van der Waals surface area contributed by atoms with Gasteiger partial charge in [0.1, 0.15) is 0 Å². The van der Waals surface area contributed by atoms with Crippen molar-refractivity contribution < 1.29 is 4.79 Å². The van der Waals surface area contributed by atoms with Crippen LogP contribution < -0.4 is 0 Å². The summed E-state index contributed by atoms with van der Waals surface area (Å²) in [5.74, 6) is 0.626. The summed E-state index contributed by atoms with van der Waals surface area (Å²) in [6.07, 6.45) is 2.29. The molecule has 0 aromatic carbocycles. The van der Waals surface area contributed by atoms with Crippen molar-refractivity contribution >= 4 is 5.91 Å². The quantitative estimate of drug-likeness (QED) is 0.726. The predicted molar refractivity (Wildman–Crippen MR) is 72.5 cm³/mol. The Morgan fingerprint density at radius 1 is 1.06 bits per heavy atom.